The average molecular weight is 394 g/mol. The lowest BCUT2D eigenvalue weighted by atomic mass is 9.83. The molecule has 3 heterocycles. The van der Waals surface area contributed by atoms with Gasteiger partial charge >= 0.3 is 0 Å². The zero-order valence-corrected chi connectivity index (χ0v) is 17.4. The maximum Gasteiger partial charge on any atom is 0.251 e. The van der Waals surface area contributed by atoms with Crippen molar-refractivity contribution in [3.63, 3.8) is 0 Å². The van der Waals surface area contributed by atoms with Gasteiger partial charge in [0.15, 0.2) is 0 Å². The van der Waals surface area contributed by atoms with Crippen LogP contribution in [0.15, 0.2) is 30.3 Å². The van der Waals surface area contributed by atoms with Crippen molar-refractivity contribution >= 4 is 17.5 Å². The van der Waals surface area contributed by atoms with E-state index in [4.69, 9.17) is 0 Å². The van der Waals surface area contributed by atoms with Gasteiger partial charge in [0.2, 0.25) is 5.95 Å². The molecule has 154 valence electrons. The fraction of sp³-hybridized carbons (Fsp3) is 0.522. The normalized spacial score (nSPS) is 22.0. The molecule has 0 radical (unpaired) electrons. The largest absolute Gasteiger partial charge is 0.352 e. The number of aromatic nitrogens is 2. The van der Waals surface area contributed by atoms with Gasteiger partial charge in [-0.05, 0) is 88.9 Å². The van der Waals surface area contributed by atoms with Crippen LogP contribution in [-0.4, -0.2) is 46.5 Å². The summed E-state index contributed by atoms with van der Waals surface area (Å²) in [6.45, 7) is 7.14. The molecule has 1 amide bonds. The van der Waals surface area contributed by atoms with E-state index >= 15 is 0 Å². The topological polar surface area (TPSA) is 70.2 Å². The van der Waals surface area contributed by atoms with Gasteiger partial charge in [-0.1, -0.05) is 6.42 Å². The van der Waals surface area contributed by atoms with Crippen LogP contribution in [0.1, 0.15) is 53.8 Å². The van der Waals surface area contributed by atoms with E-state index in [-0.39, 0.29) is 5.91 Å². The molecule has 1 aromatic carbocycles. The Bertz CT molecular complexity index is 829. The van der Waals surface area contributed by atoms with Crippen molar-refractivity contribution in [1.82, 2.24) is 20.2 Å². The number of fused-ring (bicyclic) bond motifs is 1. The van der Waals surface area contributed by atoms with E-state index < -0.39 is 0 Å². The Morgan fingerprint density at radius 2 is 1.76 bits per heavy atom. The Balaban J connectivity index is 1.33. The number of nitrogens with one attached hydrogen (secondary N) is 2. The molecule has 2 fully saturated rings. The fourth-order valence-electron chi connectivity index (χ4n) is 4.76. The number of rotatable bonds is 5. The molecule has 2 aliphatic heterocycles. The lowest BCUT2D eigenvalue weighted by Crippen LogP contribution is -2.51. The van der Waals surface area contributed by atoms with Crippen LogP contribution in [0, 0.1) is 19.8 Å². The molecule has 2 N–H and O–H groups in total. The van der Waals surface area contributed by atoms with Gasteiger partial charge in [-0.3, -0.25) is 4.79 Å². The van der Waals surface area contributed by atoms with Gasteiger partial charge in [-0.25, -0.2) is 9.97 Å². The van der Waals surface area contributed by atoms with Crippen LogP contribution in [0.4, 0.5) is 11.6 Å². The molecule has 1 aromatic heterocycles. The second kappa shape index (κ2) is 8.91. The summed E-state index contributed by atoms with van der Waals surface area (Å²) < 4.78 is 0. The Hall–Kier alpha value is -2.47. The number of nitrogens with zero attached hydrogens (tertiary/aromatic N) is 3. The van der Waals surface area contributed by atoms with Crippen molar-refractivity contribution in [3.8, 4) is 0 Å². The van der Waals surface area contributed by atoms with Gasteiger partial charge in [0, 0.05) is 35.2 Å². The molecular formula is C23H31N5O. The van der Waals surface area contributed by atoms with Gasteiger partial charge in [-0.15, -0.1) is 0 Å². The van der Waals surface area contributed by atoms with E-state index in [2.05, 4.69) is 25.5 Å². The Morgan fingerprint density at radius 1 is 1.03 bits per heavy atom. The summed E-state index contributed by atoms with van der Waals surface area (Å²) in [5, 5.41) is 6.38. The van der Waals surface area contributed by atoms with Crippen LogP contribution in [0.2, 0.25) is 0 Å². The standard InChI is InChI=1S/C23H31N5O/c1-16-14-17(2)26-23(25-16)27-20-10-8-18(9-11-20)22(29)24-15-19-6-5-13-28-12-4-3-7-21(19)28/h8-11,14,19,21H,3-7,12-13,15H2,1-2H3,(H,24,29)(H,25,26,27)/t19-,21+/m1/s1. The molecule has 0 aliphatic carbocycles. The lowest BCUT2D eigenvalue weighted by molar-refractivity contribution is 0.0575. The van der Waals surface area contributed by atoms with Crippen LogP contribution in [-0.2, 0) is 0 Å². The number of carbonyl (C=O) groups excluding carboxylic acids is 1. The summed E-state index contributed by atoms with van der Waals surface area (Å²) in [6.07, 6.45) is 6.40. The average Bonchev–Trinajstić information content (AvgIpc) is 2.72. The quantitative estimate of drug-likeness (QED) is 0.808. The summed E-state index contributed by atoms with van der Waals surface area (Å²) in [5.74, 6) is 1.16. The highest BCUT2D eigenvalue weighted by Crippen LogP contribution is 2.30. The summed E-state index contributed by atoms with van der Waals surface area (Å²) in [4.78, 5) is 24.1. The van der Waals surface area contributed by atoms with E-state index in [1.54, 1.807) is 0 Å². The van der Waals surface area contributed by atoms with Crippen LogP contribution in [0.5, 0.6) is 0 Å². The van der Waals surface area contributed by atoms with Crippen LogP contribution in [0.3, 0.4) is 0 Å². The van der Waals surface area contributed by atoms with E-state index in [0.717, 1.165) is 23.6 Å². The van der Waals surface area contributed by atoms with Gasteiger partial charge in [0.25, 0.3) is 5.91 Å². The zero-order chi connectivity index (χ0) is 20.2. The second-order valence-corrected chi connectivity index (χ2v) is 8.39. The van der Waals surface area contributed by atoms with Crippen LogP contribution < -0.4 is 10.6 Å². The second-order valence-electron chi connectivity index (χ2n) is 8.39. The Kier molecular flexibility index (Phi) is 6.09. The monoisotopic (exact) mass is 393 g/mol. The molecule has 0 unspecified atom stereocenters. The van der Waals surface area contributed by atoms with Crippen LogP contribution >= 0.6 is 0 Å². The fourth-order valence-corrected chi connectivity index (χ4v) is 4.76. The third kappa shape index (κ3) is 4.93. The molecule has 2 saturated heterocycles. The molecule has 2 aromatic rings. The molecule has 6 heteroatoms. The number of hydrogen-bond donors (Lipinski definition) is 2. The first-order chi connectivity index (χ1) is 14.1. The number of anilines is 2. The molecule has 2 atom stereocenters. The highest BCUT2D eigenvalue weighted by atomic mass is 16.1. The maximum absolute atomic E-state index is 12.6. The molecule has 29 heavy (non-hydrogen) atoms. The number of piperidine rings is 2. The van der Waals surface area contributed by atoms with Crippen molar-refractivity contribution in [3.05, 3.63) is 47.3 Å². The molecular weight excluding hydrogens is 362 g/mol. The molecule has 0 bridgehead atoms. The minimum Gasteiger partial charge on any atom is -0.352 e. The van der Waals surface area contributed by atoms with Gasteiger partial charge in [-0.2, -0.15) is 0 Å². The Morgan fingerprint density at radius 3 is 2.52 bits per heavy atom. The first-order valence-electron chi connectivity index (χ1n) is 10.8. The summed E-state index contributed by atoms with van der Waals surface area (Å²) in [7, 11) is 0. The van der Waals surface area contributed by atoms with Crippen molar-refractivity contribution in [2.24, 2.45) is 5.92 Å². The third-order valence-corrected chi connectivity index (χ3v) is 6.14. The predicted octanol–water partition coefficient (Wildman–Crippen LogP) is 3.83. The number of aryl methyl sites for hydroxylation is 2. The first-order valence-corrected chi connectivity index (χ1v) is 10.8. The molecule has 0 spiro atoms. The highest BCUT2D eigenvalue weighted by molar-refractivity contribution is 5.94. The number of benzene rings is 1. The van der Waals surface area contributed by atoms with E-state index in [1.807, 2.05) is 44.2 Å². The molecule has 2 aliphatic rings. The van der Waals surface area contributed by atoms with Gasteiger partial charge < -0.3 is 15.5 Å². The van der Waals surface area contributed by atoms with E-state index in [1.165, 1.54) is 45.2 Å². The minimum absolute atomic E-state index is 0.00660. The van der Waals surface area contributed by atoms with Crippen LogP contribution in [0.25, 0.3) is 0 Å². The van der Waals surface area contributed by atoms with Crippen molar-refractivity contribution < 1.29 is 4.79 Å². The Labute approximate surface area is 173 Å². The summed E-state index contributed by atoms with van der Waals surface area (Å²) in [5.41, 5.74) is 3.41. The van der Waals surface area contributed by atoms with Gasteiger partial charge in [0.05, 0.1) is 0 Å². The third-order valence-electron chi connectivity index (χ3n) is 6.14. The molecule has 0 saturated carbocycles. The molecule has 4 rings (SSSR count). The minimum atomic E-state index is 0.00660. The van der Waals surface area contributed by atoms with E-state index in [0.29, 0.717) is 23.5 Å². The number of hydrogen-bond acceptors (Lipinski definition) is 5. The van der Waals surface area contributed by atoms with Crippen molar-refractivity contribution in [2.75, 3.05) is 25.0 Å². The summed E-state index contributed by atoms with van der Waals surface area (Å²) >= 11 is 0. The zero-order valence-electron chi connectivity index (χ0n) is 17.4. The number of amides is 1. The first kappa shape index (κ1) is 19.8. The maximum atomic E-state index is 12.6. The van der Waals surface area contributed by atoms with Crippen molar-refractivity contribution in [2.45, 2.75) is 52.0 Å². The predicted molar refractivity (Wildman–Crippen MR) is 115 cm³/mol. The smallest absolute Gasteiger partial charge is 0.251 e. The lowest BCUT2D eigenvalue weighted by Gasteiger charge is -2.44. The molecule has 6 nitrogen and oxygen atoms in total. The van der Waals surface area contributed by atoms with Gasteiger partial charge in [0.1, 0.15) is 0 Å². The van der Waals surface area contributed by atoms with E-state index in [9.17, 15) is 4.79 Å². The summed E-state index contributed by atoms with van der Waals surface area (Å²) in [6, 6.07) is 10.1. The number of carbonyl (C=O) groups is 1. The SMILES string of the molecule is Cc1cc(C)nc(Nc2ccc(C(=O)NC[C@H]3CCCN4CCCC[C@@H]34)cc2)n1. The highest BCUT2D eigenvalue weighted by Gasteiger charge is 2.32. The van der Waals surface area contributed by atoms with Crippen molar-refractivity contribution in [1.29, 1.82) is 0 Å².